The van der Waals surface area contributed by atoms with Crippen LogP contribution >= 0.6 is 15.2 Å². The van der Waals surface area contributed by atoms with Crippen LogP contribution in [0.4, 0.5) is 0 Å². The van der Waals surface area contributed by atoms with Crippen LogP contribution in [0.3, 0.4) is 0 Å². The Morgan fingerprint density at radius 2 is 1.44 bits per heavy atom. The zero-order valence-corrected chi connectivity index (χ0v) is 14.5. The van der Waals surface area contributed by atoms with Crippen LogP contribution < -0.4 is 0 Å². The van der Waals surface area contributed by atoms with Crippen LogP contribution in [-0.4, -0.2) is 94.1 Å². The molecule has 150 valence electrons. The van der Waals surface area contributed by atoms with Gasteiger partial charge in [-0.1, -0.05) is 0 Å². The molecule has 1 aliphatic rings. The SMILES string of the molecule is O=P(O)(O)C(CCC(O)OC1O[C@H](CO)[C@@H](O)[C@H](O)[C@H]1O)P(=O)(O)O. The van der Waals surface area contributed by atoms with Gasteiger partial charge < -0.3 is 54.6 Å². The fourth-order valence-electron chi connectivity index (χ4n) is 2.23. The molecular formula is C10H22O13P2. The monoisotopic (exact) mass is 412 g/mol. The minimum Gasteiger partial charge on any atom is -0.394 e. The van der Waals surface area contributed by atoms with Crippen LogP contribution in [-0.2, 0) is 18.6 Å². The molecule has 1 heterocycles. The molecule has 0 aliphatic carbocycles. The Kier molecular flexibility index (Phi) is 8.12. The predicted octanol–water partition coefficient (Wildman–Crippen LogP) is -3.42. The highest BCUT2D eigenvalue weighted by molar-refractivity contribution is 7.70. The van der Waals surface area contributed by atoms with Crippen LogP contribution in [0.1, 0.15) is 12.8 Å². The fraction of sp³-hybridized carbons (Fsp3) is 1.00. The Hall–Kier alpha value is 0.0200. The maximum absolute atomic E-state index is 11.1. The van der Waals surface area contributed by atoms with Crippen molar-refractivity contribution in [3.8, 4) is 0 Å². The third kappa shape index (κ3) is 6.29. The molecule has 1 rings (SSSR count). The topological polar surface area (TPSA) is 235 Å². The maximum Gasteiger partial charge on any atom is 0.340 e. The second-order valence-electron chi connectivity index (χ2n) is 5.52. The van der Waals surface area contributed by atoms with Gasteiger partial charge in [-0.25, -0.2) is 0 Å². The van der Waals surface area contributed by atoms with Gasteiger partial charge in [0.05, 0.1) is 6.61 Å². The van der Waals surface area contributed by atoms with Crippen LogP contribution in [0.5, 0.6) is 0 Å². The van der Waals surface area contributed by atoms with E-state index in [1.165, 1.54) is 0 Å². The normalized spacial score (nSPS) is 32.8. The summed E-state index contributed by atoms with van der Waals surface area (Å²) in [7, 11) is -10.3. The van der Waals surface area contributed by atoms with Crippen LogP contribution in [0.15, 0.2) is 0 Å². The number of hydrogen-bond donors (Lipinski definition) is 9. The summed E-state index contributed by atoms with van der Waals surface area (Å²) >= 11 is 0. The van der Waals surface area contributed by atoms with Gasteiger partial charge in [-0.2, -0.15) is 0 Å². The van der Waals surface area contributed by atoms with Gasteiger partial charge in [-0.05, 0) is 12.8 Å². The van der Waals surface area contributed by atoms with Crippen LogP contribution in [0, 0.1) is 0 Å². The molecule has 0 bridgehead atoms. The lowest BCUT2D eigenvalue weighted by atomic mass is 9.99. The smallest absolute Gasteiger partial charge is 0.340 e. The van der Waals surface area contributed by atoms with E-state index < -0.39 is 77.0 Å². The second-order valence-corrected chi connectivity index (χ2v) is 9.53. The van der Waals surface area contributed by atoms with Crippen molar-refractivity contribution in [2.24, 2.45) is 0 Å². The Labute approximate surface area is 141 Å². The molecule has 1 saturated heterocycles. The van der Waals surface area contributed by atoms with Crippen molar-refractivity contribution in [3.63, 3.8) is 0 Å². The van der Waals surface area contributed by atoms with Gasteiger partial charge in [0.15, 0.2) is 18.0 Å². The Bertz CT molecular complexity index is 493. The van der Waals surface area contributed by atoms with Gasteiger partial charge in [-0.15, -0.1) is 0 Å². The number of hydrogen-bond acceptors (Lipinski definition) is 9. The molecule has 0 aromatic heterocycles. The highest BCUT2D eigenvalue weighted by Gasteiger charge is 2.46. The van der Waals surface area contributed by atoms with E-state index in [9.17, 15) is 29.6 Å². The van der Waals surface area contributed by atoms with E-state index in [4.69, 9.17) is 34.2 Å². The summed E-state index contributed by atoms with van der Waals surface area (Å²) in [6.07, 6.45) is -11.5. The Morgan fingerprint density at radius 3 is 1.88 bits per heavy atom. The van der Waals surface area contributed by atoms with Crippen molar-refractivity contribution in [1.29, 1.82) is 0 Å². The minimum absolute atomic E-state index is 0.643. The van der Waals surface area contributed by atoms with Crippen molar-refractivity contribution in [2.45, 2.75) is 55.2 Å². The first-order valence-corrected chi connectivity index (χ1v) is 10.4. The number of aliphatic hydroxyl groups excluding tert-OH is 5. The van der Waals surface area contributed by atoms with Crippen molar-refractivity contribution >= 4 is 15.2 Å². The van der Waals surface area contributed by atoms with E-state index in [1.807, 2.05) is 0 Å². The van der Waals surface area contributed by atoms with Crippen molar-refractivity contribution in [2.75, 3.05) is 6.61 Å². The van der Waals surface area contributed by atoms with Gasteiger partial charge in [-0.3, -0.25) is 9.13 Å². The fourth-order valence-corrected chi connectivity index (χ4v) is 4.77. The van der Waals surface area contributed by atoms with E-state index >= 15 is 0 Å². The van der Waals surface area contributed by atoms with E-state index in [1.54, 1.807) is 0 Å². The standard InChI is InChI=1S/C10H22O13P2/c11-3-4-7(13)8(14)9(15)10(22-4)23-5(12)1-2-6(24(16,17)18)25(19,20)21/h4-15H,1-3H2,(H2,16,17,18)(H2,19,20,21)/t4-,5?,7-,8+,9-,10?/m1/s1. The van der Waals surface area contributed by atoms with Gasteiger partial charge in [0.25, 0.3) is 0 Å². The molecule has 2 unspecified atom stereocenters. The third-order valence-corrected chi connectivity index (χ3v) is 7.46. The molecule has 0 aromatic rings. The number of rotatable bonds is 8. The molecule has 0 amide bonds. The number of aliphatic hydroxyl groups is 5. The van der Waals surface area contributed by atoms with Gasteiger partial charge in [0, 0.05) is 0 Å². The maximum atomic E-state index is 11.1. The lowest BCUT2D eigenvalue weighted by Crippen LogP contribution is -2.59. The van der Waals surface area contributed by atoms with Crippen molar-refractivity contribution in [1.82, 2.24) is 0 Å². The molecule has 0 saturated carbocycles. The summed E-state index contributed by atoms with van der Waals surface area (Å²) in [5.74, 6) is 0. The average molecular weight is 412 g/mol. The van der Waals surface area contributed by atoms with E-state index in [-0.39, 0.29) is 0 Å². The molecule has 1 aliphatic heterocycles. The molecule has 9 N–H and O–H groups in total. The van der Waals surface area contributed by atoms with E-state index in [0.29, 0.717) is 0 Å². The predicted molar refractivity (Wildman–Crippen MR) is 78.0 cm³/mol. The first kappa shape index (κ1) is 23.1. The quantitative estimate of drug-likeness (QED) is 0.140. The highest BCUT2D eigenvalue weighted by Crippen LogP contribution is 2.61. The molecule has 0 radical (unpaired) electrons. The summed E-state index contributed by atoms with van der Waals surface area (Å²) in [5, 5.41) is 45.2. The first-order chi connectivity index (χ1) is 11.3. The molecule has 13 nitrogen and oxygen atoms in total. The second kappa shape index (κ2) is 8.81. The molecular weight excluding hydrogens is 390 g/mol. The summed E-state index contributed by atoms with van der Waals surface area (Å²) < 4.78 is 32.0. The summed E-state index contributed by atoms with van der Waals surface area (Å²) in [6.45, 7) is -0.737. The van der Waals surface area contributed by atoms with E-state index in [0.717, 1.165) is 0 Å². The van der Waals surface area contributed by atoms with Crippen LogP contribution in [0.2, 0.25) is 0 Å². The first-order valence-electron chi connectivity index (χ1n) is 7.03. The summed E-state index contributed by atoms with van der Waals surface area (Å²) in [5.41, 5.74) is 0. The van der Waals surface area contributed by atoms with E-state index in [2.05, 4.69) is 0 Å². The van der Waals surface area contributed by atoms with Crippen molar-refractivity contribution < 1.29 is 63.7 Å². The van der Waals surface area contributed by atoms with Crippen LogP contribution in [0.25, 0.3) is 0 Å². The Balaban J connectivity index is 2.68. The van der Waals surface area contributed by atoms with Crippen molar-refractivity contribution in [3.05, 3.63) is 0 Å². The zero-order valence-electron chi connectivity index (χ0n) is 12.7. The molecule has 0 aromatic carbocycles. The Morgan fingerprint density at radius 1 is 0.920 bits per heavy atom. The number of ether oxygens (including phenoxy) is 2. The molecule has 0 spiro atoms. The lowest BCUT2D eigenvalue weighted by molar-refractivity contribution is -0.332. The molecule has 1 fully saturated rings. The average Bonchev–Trinajstić information content (AvgIpc) is 2.45. The highest BCUT2D eigenvalue weighted by atomic mass is 31.2. The molecule has 25 heavy (non-hydrogen) atoms. The molecule has 6 atom stereocenters. The minimum atomic E-state index is -5.16. The van der Waals surface area contributed by atoms with Gasteiger partial charge >= 0.3 is 15.2 Å². The van der Waals surface area contributed by atoms with Gasteiger partial charge in [0.1, 0.15) is 24.4 Å². The zero-order chi connectivity index (χ0) is 19.6. The third-order valence-electron chi connectivity index (χ3n) is 3.59. The summed E-state index contributed by atoms with van der Waals surface area (Å²) in [6, 6.07) is 0. The largest absolute Gasteiger partial charge is 0.394 e. The summed E-state index contributed by atoms with van der Waals surface area (Å²) in [4.78, 5) is 35.9. The lowest BCUT2D eigenvalue weighted by Gasteiger charge is -2.40. The molecule has 15 heteroatoms. The van der Waals surface area contributed by atoms with Gasteiger partial charge in [0.2, 0.25) is 0 Å².